The summed E-state index contributed by atoms with van der Waals surface area (Å²) in [4.78, 5) is 10.4. The lowest BCUT2D eigenvalue weighted by atomic mass is 10.0. The number of carbonyl (C=O) groups is 1. The van der Waals surface area contributed by atoms with E-state index in [-0.39, 0.29) is 12.0 Å². The molecule has 1 atom stereocenters. The molecule has 0 aliphatic rings. The van der Waals surface area contributed by atoms with Crippen LogP contribution in [0.2, 0.25) is 0 Å². The molecule has 0 amide bonds. The molecule has 0 aromatic heterocycles. The Bertz CT molecular complexity index is 355. The van der Waals surface area contributed by atoms with Crippen molar-refractivity contribution in [3.8, 4) is 0 Å². The van der Waals surface area contributed by atoms with Gasteiger partial charge in [0, 0.05) is 11.6 Å². The van der Waals surface area contributed by atoms with Crippen molar-refractivity contribution in [1.82, 2.24) is 0 Å². The molecule has 82 valence electrons. The van der Waals surface area contributed by atoms with Gasteiger partial charge >= 0.3 is 5.97 Å². The van der Waals surface area contributed by atoms with Gasteiger partial charge in [0.05, 0.1) is 6.42 Å². The van der Waals surface area contributed by atoms with E-state index in [4.69, 9.17) is 10.8 Å². The van der Waals surface area contributed by atoms with Crippen LogP contribution in [0.5, 0.6) is 0 Å². The number of carboxylic acid groups (broad SMARTS) is 1. The van der Waals surface area contributed by atoms with Crippen LogP contribution in [0, 0.1) is 0 Å². The molecular formula is C10H11F2NO2. The maximum absolute atomic E-state index is 12.3. The Morgan fingerprint density at radius 3 is 2.53 bits per heavy atom. The molecule has 1 aromatic carbocycles. The summed E-state index contributed by atoms with van der Waals surface area (Å²) in [6.07, 6.45) is -2.84. The van der Waals surface area contributed by atoms with E-state index in [1.54, 1.807) is 6.07 Å². The molecule has 0 saturated carbocycles. The summed E-state index contributed by atoms with van der Waals surface area (Å²) in [5.74, 6) is -1.05. The molecule has 5 heteroatoms. The van der Waals surface area contributed by atoms with Gasteiger partial charge in [-0.15, -0.1) is 0 Å². The summed E-state index contributed by atoms with van der Waals surface area (Å²) in [6.45, 7) is 0. The zero-order valence-corrected chi connectivity index (χ0v) is 7.86. The minimum atomic E-state index is -2.57. The van der Waals surface area contributed by atoms with Crippen LogP contribution in [0.1, 0.15) is 30.0 Å². The lowest BCUT2D eigenvalue weighted by Crippen LogP contribution is -2.15. The average Bonchev–Trinajstić information content (AvgIpc) is 2.17. The van der Waals surface area contributed by atoms with E-state index in [9.17, 15) is 13.6 Å². The molecule has 0 spiro atoms. The second-order valence-corrected chi connectivity index (χ2v) is 3.18. The second kappa shape index (κ2) is 4.84. The summed E-state index contributed by atoms with van der Waals surface area (Å²) in [5.41, 5.74) is 5.81. The molecule has 0 saturated heterocycles. The third kappa shape index (κ3) is 3.28. The zero-order chi connectivity index (χ0) is 11.4. The van der Waals surface area contributed by atoms with Gasteiger partial charge in [-0.3, -0.25) is 4.79 Å². The number of halogens is 2. The van der Waals surface area contributed by atoms with E-state index in [2.05, 4.69) is 0 Å². The molecule has 0 aliphatic heterocycles. The largest absolute Gasteiger partial charge is 0.481 e. The van der Waals surface area contributed by atoms with E-state index in [0.29, 0.717) is 5.56 Å². The van der Waals surface area contributed by atoms with Crippen molar-refractivity contribution in [1.29, 1.82) is 0 Å². The van der Waals surface area contributed by atoms with Crippen molar-refractivity contribution in [3.05, 3.63) is 35.4 Å². The molecule has 0 aliphatic carbocycles. The fourth-order valence-electron chi connectivity index (χ4n) is 1.23. The van der Waals surface area contributed by atoms with Gasteiger partial charge in [0.1, 0.15) is 0 Å². The fourth-order valence-corrected chi connectivity index (χ4v) is 1.23. The first-order valence-electron chi connectivity index (χ1n) is 4.36. The number of aliphatic carboxylic acids is 1. The van der Waals surface area contributed by atoms with Gasteiger partial charge in [-0.2, -0.15) is 0 Å². The molecule has 0 bridgehead atoms. The maximum atomic E-state index is 12.3. The molecule has 3 nitrogen and oxygen atoms in total. The summed E-state index contributed by atoms with van der Waals surface area (Å²) >= 11 is 0. The Morgan fingerprint density at radius 1 is 1.40 bits per heavy atom. The number of hydrogen-bond donors (Lipinski definition) is 2. The number of nitrogens with two attached hydrogens (primary N) is 1. The van der Waals surface area contributed by atoms with Crippen molar-refractivity contribution in [2.75, 3.05) is 0 Å². The van der Waals surface area contributed by atoms with Crippen LogP contribution in [0.25, 0.3) is 0 Å². The first-order valence-corrected chi connectivity index (χ1v) is 4.36. The highest BCUT2D eigenvalue weighted by Crippen LogP contribution is 2.22. The van der Waals surface area contributed by atoms with Crippen LogP contribution in [0.3, 0.4) is 0 Å². The van der Waals surface area contributed by atoms with E-state index in [1.807, 2.05) is 0 Å². The minimum Gasteiger partial charge on any atom is -0.481 e. The highest BCUT2D eigenvalue weighted by molar-refractivity contribution is 5.67. The van der Waals surface area contributed by atoms with E-state index in [0.717, 1.165) is 0 Å². The van der Waals surface area contributed by atoms with Crippen LogP contribution >= 0.6 is 0 Å². The first kappa shape index (κ1) is 11.6. The Hall–Kier alpha value is -1.49. The number of carboxylic acids is 1. The van der Waals surface area contributed by atoms with Crippen molar-refractivity contribution in [3.63, 3.8) is 0 Å². The van der Waals surface area contributed by atoms with E-state index < -0.39 is 18.4 Å². The third-order valence-corrected chi connectivity index (χ3v) is 1.99. The SMILES string of the molecule is N[C@@H](CC(=O)O)c1cccc(C(F)F)c1. The van der Waals surface area contributed by atoms with Crippen LogP contribution in [0.4, 0.5) is 8.78 Å². The maximum Gasteiger partial charge on any atom is 0.305 e. The van der Waals surface area contributed by atoms with Crippen molar-refractivity contribution in [2.45, 2.75) is 18.9 Å². The van der Waals surface area contributed by atoms with Gasteiger partial charge in [-0.1, -0.05) is 18.2 Å². The predicted octanol–water partition coefficient (Wildman–Crippen LogP) is 2.10. The van der Waals surface area contributed by atoms with Gasteiger partial charge in [0.25, 0.3) is 6.43 Å². The monoisotopic (exact) mass is 215 g/mol. The number of hydrogen-bond acceptors (Lipinski definition) is 2. The standard InChI is InChI=1S/C10H11F2NO2/c11-10(12)7-3-1-2-6(4-7)8(13)5-9(14)15/h1-4,8,10H,5,13H2,(H,14,15)/t8-/m0/s1. The van der Waals surface area contributed by atoms with Gasteiger partial charge in [0.2, 0.25) is 0 Å². The first-order chi connectivity index (χ1) is 7.00. The van der Waals surface area contributed by atoms with Gasteiger partial charge in [-0.25, -0.2) is 8.78 Å². The molecule has 0 radical (unpaired) electrons. The molecule has 1 rings (SSSR count). The fraction of sp³-hybridized carbons (Fsp3) is 0.300. The summed E-state index contributed by atoms with van der Waals surface area (Å²) < 4.78 is 24.6. The quantitative estimate of drug-likeness (QED) is 0.808. The third-order valence-electron chi connectivity index (χ3n) is 1.99. The molecule has 0 heterocycles. The number of benzene rings is 1. The van der Waals surface area contributed by atoms with Crippen LogP contribution in [-0.2, 0) is 4.79 Å². The lowest BCUT2D eigenvalue weighted by molar-refractivity contribution is -0.137. The molecular weight excluding hydrogens is 204 g/mol. The normalized spacial score (nSPS) is 12.8. The van der Waals surface area contributed by atoms with Gasteiger partial charge in [0.15, 0.2) is 0 Å². The topological polar surface area (TPSA) is 63.3 Å². The van der Waals surface area contributed by atoms with Crippen LogP contribution < -0.4 is 5.73 Å². The molecule has 15 heavy (non-hydrogen) atoms. The summed E-state index contributed by atoms with van der Waals surface area (Å²) in [7, 11) is 0. The predicted molar refractivity (Wildman–Crippen MR) is 50.6 cm³/mol. The molecule has 3 N–H and O–H groups in total. The summed E-state index contributed by atoms with van der Waals surface area (Å²) in [6, 6.07) is 4.75. The molecule has 0 fully saturated rings. The van der Waals surface area contributed by atoms with Crippen LogP contribution in [-0.4, -0.2) is 11.1 Å². The van der Waals surface area contributed by atoms with Crippen molar-refractivity contribution < 1.29 is 18.7 Å². The van der Waals surface area contributed by atoms with Crippen LogP contribution in [0.15, 0.2) is 24.3 Å². The summed E-state index contributed by atoms with van der Waals surface area (Å²) in [5, 5.41) is 8.50. The van der Waals surface area contributed by atoms with Crippen molar-refractivity contribution in [2.24, 2.45) is 5.73 Å². The number of alkyl halides is 2. The molecule has 0 unspecified atom stereocenters. The Kier molecular flexibility index (Phi) is 3.74. The smallest absolute Gasteiger partial charge is 0.305 e. The van der Waals surface area contributed by atoms with E-state index >= 15 is 0 Å². The van der Waals surface area contributed by atoms with Gasteiger partial charge in [-0.05, 0) is 11.6 Å². The highest BCUT2D eigenvalue weighted by atomic mass is 19.3. The molecule has 1 aromatic rings. The lowest BCUT2D eigenvalue weighted by Gasteiger charge is -2.10. The zero-order valence-electron chi connectivity index (χ0n) is 7.86. The van der Waals surface area contributed by atoms with Gasteiger partial charge < -0.3 is 10.8 Å². The highest BCUT2D eigenvalue weighted by Gasteiger charge is 2.13. The Morgan fingerprint density at radius 2 is 2.00 bits per heavy atom. The second-order valence-electron chi connectivity index (χ2n) is 3.18. The minimum absolute atomic E-state index is 0.145. The Labute approximate surface area is 85.5 Å². The Balaban J connectivity index is 2.85. The number of rotatable bonds is 4. The van der Waals surface area contributed by atoms with Crippen molar-refractivity contribution >= 4 is 5.97 Å². The average molecular weight is 215 g/mol. The van der Waals surface area contributed by atoms with E-state index in [1.165, 1.54) is 18.2 Å².